The smallest absolute Gasteiger partial charge is 0.444 e. The Labute approximate surface area is 170 Å². The molecule has 0 radical (unpaired) electrons. The van der Waals surface area contributed by atoms with Crippen LogP contribution in [0.5, 0.6) is 5.75 Å². The number of halogens is 3. The fourth-order valence-electron chi connectivity index (χ4n) is 2.78. The largest absolute Gasteiger partial charge is 0.573 e. The first-order valence-electron chi connectivity index (χ1n) is 9.13. The molecule has 1 aromatic heterocycles. The molecule has 0 aliphatic heterocycles. The number of hydrogen-bond acceptors (Lipinski definition) is 6. The van der Waals surface area contributed by atoms with Crippen LogP contribution in [0.3, 0.4) is 0 Å². The van der Waals surface area contributed by atoms with Crippen molar-refractivity contribution in [1.82, 2.24) is 4.98 Å². The fraction of sp³-hybridized carbons (Fsp3) is 0.286. The second kappa shape index (κ2) is 8.86. The lowest BCUT2D eigenvalue weighted by Crippen LogP contribution is -2.47. The molecule has 3 rings (SSSR count). The summed E-state index contributed by atoms with van der Waals surface area (Å²) in [6.45, 7) is -0.598. The van der Waals surface area contributed by atoms with Crippen LogP contribution in [-0.4, -0.2) is 40.3 Å². The molecule has 3 aromatic rings. The Morgan fingerprint density at radius 2 is 1.53 bits per heavy atom. The van der Waals surface area contributed by atoms with Crippen LogP contribution in [0.2, 0.25) is 0 Å². The van der Waals surface area contributed by atoms with Crippen LogP contribution >= 0.6 is 0 Å². The zero-order valence-corrected chi connectivity index (χ0v) is 15.9. The van der Waals surface area contributed by atoms with Crippen molar-refractivity contribution >= 4 is 0 Å². The van der Waals surface area contributed by atoms with Gasteiger partial charge in [0.25, 0.3) is 0 Å². The first-order chi connectivity index (χ1) is 14.2. The molecule has 0 spiro atoms. The number of aryl methyl sites for hydroxylation is 1. The number of oxazole rings is 1. The van der Waals surface area contributed by atoms with Crippen LogP contribution in [0.15, 0.2) is 59.2 Å². The molecule has 0 bridgehead atoms. The Morgan fingerprint density at radius 1 is 0.933 bits per heavy atom. The molecular weight excluding hydrogens is 401 g/mol. The number of aromatic nitrogens is 1. The Kier molecular flexibility index (Phi) is 6.45. The Bertz CT molecular complexity index is 950. The highest BCUT2D eigenvalue weighted by Gasteiger charge is 2.31. The minimum Gasteiger partial charge on any atom is -0.444 e. The minimum atomic E-state index is -4.74. The summed E-state index contributed by atoms with van der Waals surface area (Å²) < 4.78 is 46.0. The number of hydrogen-bond donors (Lipinski definition) is 3. The van der Waals surface area contributed by atoms with Crippen LogP contribution in [0.1, 0.15) is 12.0 Å². The number of rotatable bonds is 8. The molecule has 0 aliphatic carbocycles. The van der Waals surface area contributed by atoms with E-state index in [0.29, 0.717) is 24.1 Å². The molecule has 0 atom stereocenters. The van der Waals surface area contributed by atoms with E-state index in [1.165, 1.54) is 30.5 Å². The lowest BCUT2D eigenvalue weighted by atomic mass is 9.93. The van der Waals surface area contributed by atoms with E-state index >= 15 is 0 Å². The first-order valence-corrected chi connectivity index (χ1v) is 9.13. The molecule has 0 saturated carbocycles. The van der Waals surface area contributed by atoms with Gasteiger partial charge in [-0.2, -0.15) is 0 Å². The number of ether oxygens (including phenoxy) is 1. The van der Waals surface area contributed by atoms with Crippen LogP contribution in [0, 0.1) is 0 Å². The third-order valence-electron chi connectivity index (χ3n) is 4.63. The number of nitrogens with two attached hydrogens (primary N) is 1. The van der Waals surface area contributed by atoms with Crippen molar-refractivity contribution in [2.75, 3.05) is 13.2 Å². The van der Waals surface area contributed by atoms with Crippen LogP contribution in [0.4, 0.5) is 13.2 Å². The van der Waals surface area contributed by atoms with Gasteiger partial charge >= 0.3 is 6.36 Å². The normalized spacial score (nSPS) is 12.2. The third kappa shape index (κ3) is 5.59. The van der Waals surface area contributed by atoms with Gasteiger partial charge in [-0.1, -0.05) is 24.3 Å². The molecule has 1 heterocycles. The molecule has 2 aromatic carbocycles. The van der Waals surface area contributed by atoms with E-state index in [9.17, 15) is 23.4 Å². The first kappa shape index (κ1) is 21.8. The summed E-state index contributed by atoms with van der Waals surface area (Å²) in [5, 5.41) is 18.5. The topological polar surface area (TPSA) is 102 Å². The standard InChI is InChI=1S/C21H21F3N2O4/c22-21(23,24)30-17-7-5-16(6-8-17)19-26-18(11-29-19)15-3-1-14(2-4-15)9-10-20(25,12-27)13-28/h1-8,11,27-28H,9-10,12-13,25H2. The van der Waals surface area contributed by atoms with Crippen molar-refractivity contribution in [1.29, 1.82) is 0 Å². The summed E-state index contributed by atoms with van der Waals surface area (Å²) >= 11 is 0. The van der Waals surface area contributed by atoms with E-state index in [2.05, 4.69) is 9.72 Å². The maximum atomic E-state index is 12.2. The van der Waals surface area contributed by atoms with Crippen molar-refractivity contribution in [3.05, 3.63) is 60.4 Å². The van der Waals surface area contributed by atoms with E-state index in [1.807, 2.05) is 24.3 Å². The van der Waals surface area contributed by atoms with Crippen molar-refractivity contribution in [3.8, 4) is 28.5 Å². The van der Waals surface area contributed by atoms with E-state index < -0.39 is 11.9 Å². The average Bonchev–Trinajstić information content (AvgIpc) is 3.22. The van der Waals surface area contributed by atoms with Gasteiger partial charge in [-0.15, -0.1) is 13.2 Å². The van der Waals surface area contributed by atoms with Gasteiger partial charge in [0.05, 0.1) is 18.8 Å². The Balaban J connectivity index is 1.67. The van der Waals surface area contributed by atoms with Gasteiger partial charge in [-0.05, 0) is 42.7 Å². The maximum absolute atomic E-state index is 12.2. The molecule has 30 heavy (non-hydrogen) atoms. The van der Waals surface area contributed by atoms with Gasteiger partial charge in [-0.3, -0.25) is 0 Å². The molecule has 9 heteroatoms. The summed E-state index contributed by atoms with van der Waals surface area (Å²) in [5.41, 5.74) is 7.74. The van der Waals surface area contributed by atoms with Crippen molar-refractivity contribution in [3.63, 3.8) is 0 Å². The van der Waals surface area contributed by atoms with Crippen LogP contribution in [-0.2, 0) is 6.42 Å². The molecule has 0 aliphatic rings. The maximum Gasteiger partial charge on any atom is 0.573 e. The molecule has 0 unspecified atom stereocenters. The Morgan fingerprint density at radius 3 is 2.10 bits per heavy atom. The number of aliphatic hydroxyl groups excluding tert-OH is 2. The SMILES string of the molecule is NC(CO)(CO)CCc1ccc(-c2coc(-c3ccc(OC(F)(F)F)cc3)n2)cc1. The average molecular weight is 422 g/mol. The molecular formula is C21H21F3N2O4. The van der Waals surface area contributed by atoms with Gasteiger partial charge in [0.2, 0.25) is 5.89 Å². The Hall–Kier alpha value is -2.88. The highest BCUT2D eigenvalue weighted by molar-refractivity contribution is 5.63. The van der Waals surface area contributed by atoms with Crippen molar-refractivity contribution < 1.29 is 32.5 Å². The van der Waals surface area contributed by atoms with Gasteiger partial charge in [0, 0.05) is 11.1 Å². The lowest BCUT2D eigenvalue weighted by molar-refractivity contribution is -0.274. The third-order valence-corrected chi connectivity index (χ3v) is 4.63. The highest BCUT2D eigenvalue weighted by atomic mass is 19.4. The molecule has 0 fully saturated rings. The summed E-state index contributed by atoms with van der Waals surface area (Å²) in [6, 6.07) is 12.7. The lowest BCUT2D eigenvalue weighted by Gasteiger charge is -2.24. The minimum absolute atomic E-state index is 0.270. The number of alkyl halides is 3. The quantitative estimate of drug-likeness (QED) is 0.514. The van der Waals surface area contributed by atoms with Crippen molar-refractivity contribution in [2.24, 2.45) is 5.73 Å². The molecule has 4 N–H and O–H groups in total. The van der Waals surface area contributed by atoms with E-state index in [4.69, 9.17) is 10.2 Å². The second-order valence-corrected chi connectivity index (χ2v) is 6.99. The molecule has 0 amide bonds. The zero-order valence-electron chi connectivity index (χ0n) is 15.9. The second-order valence-electron chi connectivity index (χ2n) is 6.99. The van der Waals surface area contributed by atoms with Crippen LogP contribution < -0.4 is 10.5 Å². The zero-order chi connectivity index (χ0) is 21.8. The van der Waals surface area contributed by atoms with Crippen molar-refractivity contribution in [2.45, 2.75) is 24.7 Å². The predicted molar refractivity (Wildman–Crippen MR) is 103 cm³/mol. The summed E-state index contributed by atoms with van der Waals surface area (Å²) in [7, 11) is 0. The number of aliphatic hydroxyl groups is 2. The van der Waals surface area contributed by atoms with Crippen LogP contribution in [0.25, 0.3) is 22.7 Å². The van der Waals surface area contributed by atoms with Gasteiger partial charge in [0.15, 0.2) is 0 Å². The molecule has 0 saturated heterocycles. The van der Waals surface area contributed by atoms with Gasteiger partial charge in [-0.25, -0.2) is 4.98 Å². The van der Waals surface area contributed by atoms with E-state index in [1.54, 1.807) is 0 Å². The fourth-order valence-corrected chi connectivity index (χ4v) is 2.78. The number of benzene rings is 2. The monoisotopic (exact) mass is 422 g/mol. The highest BCUT2D eigenvalue weighted by Crippen LogP contribution is 2.28. The summed E-state index contributed by atoms with van der Waals surface area (Å²) in [4.78, 5) is 4.38. The van der Waals surface area contributed by atoms with Gasteiger partial charge < -0.3 is 25.1 Å². The summed E-state index contributed by atoms with van der Waals surface area (Å²) in [5.74, 6) is -0.0519. The van der Waals surface area contributed by atoms with E-state index in [-0.39, 0.29) is 24.9 Å². The predicted octanol–water partition coefficient (Wildman–Crippen LogP) is 3.52. The summed E-state index contributed by atoms with van der Waals surface area (Å²) in [6.07, 6.45) is -2.26. The van der Waals surface area contributed by atoms with Gasteiger partial charge in [0.1, 0.15) is 17.7 Å². The molecule has 6 nitrogen and oxygen atoms in total. The van der Waals surface area contributed by atoms with E-state index in [0.717, 1.165) is 11.1 Å². The molecule has 160 valence electrons. The number of nitrogens with zero attached hydrogens (tertiary/aromatic N) is 1.